The first kappa shape index (κ1) is 11.0. The lowest BCUT2D eigenvalue weighted by Gasteiger charge is -2.31. The number of aliphatic hydroxyl groups is 2. The Kier molecular flexibility index (Phi) is 3.35. The van der Waals surface area contributed by atoms with Crippen LogP contribution in [0.4, 0.5) is 0 Å². The summed E-state index contributed by atoms with van der Waals surface area (Å²) < 4.78 is 5.19. The van der Waals surface area contributed by atoms with Crippen LogP contribution in [0.1, 0.15) is 12.8 Å². The van der Waals surface area contributed by atoms with E-state index in [2.05, 4.69) is 5.32 Å². The van der Waals surface area contributed by atoms with Crippen molar-refractivity contribution in [3.8, 4) is 0 Å². The predicted octanol–water partition coefficient (Wildman–Crippen LogP) is -1.32. The van der Waals surface area contributed by atoms with E-state index in [0.29, 0.717) is 5.92 Å². The number of rotatable bonds is 4. The van der Waals surface area contributed by atoms with E-state index in [9.17, 15) is 9.90 Å². The minimum absolute atomic E-state index is 0.244. The maximum Gasteiger partial charge on any atom is 0.183 e. The molecular weight excluding hydrogens is 198 g/mol. The molecule has 1 saturated heterocycles. The van der Waals surface area contributed by atoms with E-state index < -0.39 is 18.2 Å². The second-order valence-electron chi connectivity index (χ2n) is 4.31. The van der Waals surface area contributed by atoms with Gasteiger partial charge in [0.25, 0.3) is 0 Å². The Labute approximate surface area is 88.4 Å². The monoisotopic (exact) mass is 215 g/mol. The molecule has 3 N–H and O–H groups in total. The highest BCUT2D eigenvalue weighted by molar-refractivity contribution is 5.89. The third-order valence-electron chi connectivity index (χ3n) is 2.99. The highest BCUT2D eigenvalue weighted by Crippen LogP contribution is 2.27. The highest BCUT2D eigenvalue weighted by Gasteiger charge is 2.37. The lowest BCUT2D eigenvalue weighted by molar-refractivity contribution is -0.155. The number of ether oxygens (including phenoxy) is 1. The molecule has 2 rings (SSSR count). The van der Waals surface area contributed by atoms with Gasteiger partial charge in [-0.25, -0.2) is 0 Å². The van der Waals surface area contributed by atoms with Crippen molar-refractivity contribution in [3.05, 3.63) is 0 Å². The molecule has 0 aromatic heterocycles. The van der Waals surface area contributed by atoms with Crippen LogP contribution >= 0.6 is 0 Å². The number of carbonyl (C=O) groups is 1. The number of hydrogen-bond donors (Lipinski definition) is 3. The fourth-order valence-corrected chi connectivity index (χ4v) is 1.73. The third-order valence-corrected chi connectivity index (χ3v) is 2.99. The predicted molar refractivity (Wildman–Crippen MR) is 52.4 cm³/mol. The normalized spacial score (nSPS) is 36.9. The van der Waals surface area contributed by atoms with Crippen molar-refractivity contribution >= 4 is 5.78 Å². The molecule has 2 aliphatic rings. The Balaban J connectivity index is 1.82. The van der Waals surface area contributed by atoms with Crippen molar-refractivity contribution in [1.29, 1.82) is 0 Å². The van der Waals surface area contributed by atoms with Crippen molar-refractivity contribution < 1.29 is 19.7 Å². The molecule has 15 heavy (non-hydrogen) atoms. The zero-order valence-corrected chi connectivity index (χ0v) is 8.56. The summed E-state index contributed by atoms with van der Waals surface area (Å²) in [4.78, 5) is 11.6. The Morgan fingerprint density at radius 3 is 2.80 bits per heavy atom. The van der Waals surface area contributed by atoms with E-state index in [1.54, 1.807) is 0 Å². The Hall–Kier alpha value is -0.490. The van der Waals surface area contributed by atoms with Gasteiger partial charge in [-0.1, -0.05) is 0 Å². The molecule has 0 radical (unpaired) electrons. The quantitative estimate of drug-likeness (QED) is 0.542. The minimum atomic E-state index is -1.19. The van der Waals surface area contributed by atoms with Gasteiger partial charge in [-0.2, -0.15) is 0 Å². The van der Waals surface area contributed by atoms with Gasteiger partial charge in [0, 0.05) is 0 Å². The van der Waals surface area contributed by atoms with Gasteiger partial charge in [0.2, 0.25) is 0 Å². The zero-order valence-electron chi connectivity index (χ0n) is 8.56. The molecule has 0 unspecified atom stereocenters. The van der Waals surface area contributed by atoms with Crippen LogP contribution in [0.5, 0.6) is 0 Å². The molecule has 5 heteroatoms. The van der Waals surface area contributed by atoms with Gasteiger partial charge < -0.3 is 20.3 Å². The maximum atomic E-state index is 11.6. The molecule has 0 aromatic rings. The Bertz CT molecular complexity index is 242. The summed E-state index contributed by atoms with van der Waals surface area (Å²) in [5.74, 6) is 0.423. The second-order valence-corrected chi connectivity index (χ2v) is 4.31. The first-order chi connectivity index (χ1) is 7.22. The molecule has 1 heterocycles. The summed E-state index contributed by atoms with van der Waals surface area (Å²) in [6.07, 6.45) is 0.490. The summed E-state index contributed by atoms with van der Waals surface area (Å²) >= 11 is 0. The summed E-state index contributed by atoms with van der Waals surface area (Å²) in [7, 11) is 0. The van der Waals surface area contributed by atoms with Crippen LogP contribution in [0.2, 0.25) is 0 Å². The molecule has 0 aromatic carbocycles. The molecule has 0 spiro atoms. The molecule has 3 atom stereocenters. The van der Waals surface area contributed by atoms with Gasteiger partial charge in [0.05, 0.1) is 19.3 Å². The number of aliphatic hydroxyl groups excluding tert-OH is 2. The zero-order chi connectivity index (χ0) is 10.8. The standard InChI is InChI=1S/C10H17NO4/c12-4-8-10(14)9(13)7(5-15-8)11-3-6-1-2-6/h6-8,10-12,14H,1-5H2/t7-,8+,10-/m0/s1. The topological polar surface area (TPSA) is 78.8 Å². The van der Waals surface area contributed by atoms with Crippen molar-refractivity contribution in [2.75, 3.05) is 19.8 Å². The van der Waals surface area contributed by atoms with Gasteiger partial charge >= 0.3 is 0 Å². The number of ketones is 1. The molecule has 5 nitrogen and oxygen atoms in total. The molecule has 2 fully saturated rings. The van der Waals surface area contributed by atoms with Crippen LogP contribution in [0.3, 0.4) is 0 Å². The summed E-state index contributed by atoms with van der Waals surface area (Å²) in [6, 6.07) is -0.414. The van der Waals surface area contributed by atoms with Gasteiger partial charge in [-0.15, -0.1) is 0 Å². The SMILES string of the molecule is O=C1[C@@H](NCC2CC2)CO[C@H](CO)[C@@H]1O. The summed E-state index contributed by atoms with van der Waals surface area (Å²) in [5, 5.41) is 21.4. The van der Waals surface area contributed by atoms with Crippen LogP contribution in [-0.2, 0) is 9.53 Å². The lowest BCUT2D eigenvalue weighted by atomic mass is 10.0. The minimum Gasteiger partial charge on any atom is -0.394 e. The first-order valence-electron chi connectivity index (χ1n) is 5.40. The summed E-state index contributed by atoms with van der Waals surface area (Å²) in [6.45, 7) is 0.742. The van der Waals surface area contributed by atoms with Gasteiger partial charge in [0.15, 0.2) is 5.78 Å². The summed E-state index contributed by atoms with van der Waals surface area (Å²) in [5.41, 5.74) is 0. The maximum absolute atomic E-state index is 11.6. The van der Waals surface area contributed by atoms with Gasteiger partial charge in [-0.3, -0.25) is 4.79 Å². The fourth-order valence-electron chi connectivity index (χ4n) is 1.73. The van der Waals surface area contributed by atoms with Crippen molar-refractivity contribution in [3.63, 3.8) is 0 Å². The van der Waals surface area contributed by atoms with Gasteiger partial charge in [0.1, 0.15) is 12.2 Å². The second kappa shape index (κ2) is 4.57. The molecule has 1 aliphatic heterocycles. The first-order valence-corrected chi connectivity index (χ1v) is 5.40. The fraction of sp³-hybridized carbons (Fsp3) is 0.900. The third kappa shape index (κ3) is 2.55. The number of hydrogen-bond acceptors (Lipinski definition) is 5. The van der Waals surface area contributed by atoms with E-state index in [1.165, 1.54) is 12.8 Å². The lowest BCUT2D eigenvalue weighted by Crippen LogP contribution is -2.56. The van der Waals surface area contributed by atoms with Crippen LogP contribution in [0.15, 0.2) is 0 Å². The van der Waals surface area contributed by atoms with Crippen molar-refractivity contribution in [2.45, 2.75) is 31.1 Å². The largest absolute Gasteiger partial charge is 0.394 e. The molecule has 1 aliphatic carbocycles. The molecular formula is C10H17NO4. The van der Waals surface area contributed by atoms with Gasteiger partial charge in [-0.05, 0) is 25.3 Å². The van der Waals surface area contributed by atoms with Crippen molar-refractivity contribution in [1.82, 2.24) is 5.32 Å². The molecule has 0 amide bonds. The van der Waals surface area contributed by atoms with E-state index in [-0.39, 0.29) is 19.0 Å². The average Bonchev–Trinajstić information content (AvgIpc) is 3.04. The van der Waals surface area contributed by atoms with E-state index >= 15 is 0 Å². The van der Waals surface area contributed by atoms with E-state index in [1.807, 2.05) is 0 Å². The number of nitrogens with one attached hydrogen (secondary N) is 1. The van der Waals surface area contributed by atoms with Crippen LogP contribution in [0, 0.1) is 5.92 Å². The molecule has 86 valence electrons. The molecule has 0 bridgehead atoms. The van der Waals surface area contributed by atoms with E-state index in [4.69, 9.17) is 9.84 Å². The van der Waals surface area contributed by atoms with E-state index in [0.717, 1.165) is 6.54 Å². The number of Topliss-reactive ketones (excluding diaryl/α,β-unsaturated/α-hetero) is 1. The Morgan fingerprint density at radius 2 is 2.20 bits per heavy atom. The van der Waals surface area contributed by atoms with Crippen LogP contribution in [0.25, 0.3) is 0 Å². The smallest absolute Gasteiger partial charge is 0.183 e. The van der Waals surface area contributed by atoms with Crippen LogP contribution < -0.4 is 5.32 Å². The molecule has 1 saturated carbocycles. The average molecular weight is 215 g/mol. The highest BCUT2D eigenvalue weighted by atomic mass is 16.5. The van der Waals surface area contributed by atoms with Crippen LogP contribution in [-0.4, -0.2) is 54.0 Å². The van der Waals surface area contributed by atoms with Crippen molar-refractivity contribution in [2.24, 2.45) is 5.92 Å². The Morgan fingerprint density at radius 1 is 1.47 bits per heavy atom. The number of carbonyl (C=O) groups excluding carboxylic acids is 1.